The van der Waals surface area contributed by atoms with Crippen LogP contribution in [0.25, 0.3) is 21.8 Å². The average molecular weight is 344 g/mol. The number of amides is 1. The summed E-state index contributed by atoms with van der Waals surface area (Å²) >= 11 is 0. The maximum absolute atomic E-state index is 12.5. The van der Waals surface area contributed by atoms with E-state index in [4.69, 9.17) is 0 Å². The lowest BCUT2D eigenvalue weighted by Gasteiger charge is -2.02. The smallest absolute Gasteiger partial charge is 0.287 e. The molecule has 0 unspecified atom stereocenters. The minimum absolute atomic E-state index is 0.223. The summed E-state index contributed by atoms with van der Waals surface area (Å²) in [5.41, 5.74) is 6.39. The van der Waals surface area contributed by atoms with E-state index >= 15 is 0 Å². The first-order valence-electron chi connectivity index (χ1n) is 8.64. The van der Waals surface area contributed by atoms with Crippen molar-refractivity contribution in [2.75, 3.05) is 0 Å². The molecule has 2 aromatic heterocycles. The Morgan fingerprint density at radius 3 is 2.62 bits per heavy atom. The van der Waals surface area contributed by atoms with Gasteiger partial charge in [0.05, 0.1) is 6.21 Å². The summed E-state index contributed by atoms with van der Waals surface area (Å²) in [6.45, 7) is 2.99. The quantitative estimate of drug-likeness (QED) is 0.443. The van der Waals surface area contributed by atoms with Crippen LogP contribution in [0.15, 0.2) is 65.9 Å². The van der Waals surface area contributed by atoms with Crippen molar-refractivity contribution in [2.45, 2.75) is 13.5 Å². The number of rotatable bonds is 4. The third kappa shape index (κ3) is 2.67. The van der Waals surface area contributed by atoms with Gasteiger partial charge >= 0.3 is 0 Å². The highest BCUT2D eigenvalue weighted by atomic mass is 16.2. The van der Waals surface area contributed by atoms with Crippen molar-refractivity contribution in [3.63, 3.8) is 0 Å². The first-order chi connectivity index (χ1) is 12.7. The third-order valence-electron chi connectivity index (χ3n) is 4.71. The summed E-state index contributed by atoms with van der Waals surface area (Å²) in [5, 5.41) is 6.34. The maximum Gasteiger partial charge on any atom is 0.287 e. The normalized spacial score (nSPS) is 11.6. The van der Waals surface area contributed by atoms with Crippen LogP contribution in [-0.4, -0.2) is 21.3 Å². The number of carbonyl (C=O) groups excluding carboxylic acids is 1. The fourth-order valence-corrected chi connectivity index (χ4v) is 3.36. The Morgan fingerprint density at radius 1 is 1.12 bits per heavy atom. The fourth-order valence-electron chi connectivity index (χ4n) is 3.36. The van der Waals surface area contributed by atoms with Crippen molar-refractivity contribution in [2.24, 2.45) is 12.1 Å². The van der Waals surface area contributed by atoms with Crippen molar-refractivity contribution < 1.29 is 4.79 Å². The van der Waals surface area contributed by atoms with E-state index in [9.17, 15) is 4.79 Å². The lowest BCUT2D eigenvalue weighted by molar-refractivity contribution is 0.0947. The molecular formula is C21H20N4O. The average Bonchev–Trinajstić information content (AvgIpc) is 3.20. The van der Waals surface area contributed by atoms with E-state index < -0.39 is 0 Å². The van der Waals surface area contributed by atoms with Gasteiger partial charge in [0.25, 0.3) is 5.91 Å². The molecular weight excluding hydrogens is 324 g/mol. The van der Waals surface area contributed by atoms with E-state index in [2.05, 4.69) is 40.3 Å². The van der Waals surface area contributed by atoms with E-state index in [0.29, 0.717) is 5.69 Å². The number of benzene rings is 2. The van der Waals surface area contributed by atoms with Gasteiger partial charge in [-0.3, -0.25) is 4.79 Å². The predicted molar refractivity (Wildman–Crippen MR) is 106 cm³/mol. The minimum Gasteiger partial charge on any atom is -0.347 e. The first kappa shape index (κ1) is 16.1. The van der Waals surface area contributed by atoms with E-state index in [-0.39, 0.29) is 5.91 Å². The molecule has 5 nitrogen and oxygen atoms in total. The number of para-hydroxylation sites is 2. The molecule has 4 aromatic rings. The second-order valence-electron chi connectivity index (χ2n) is 6.23. The van der Waals surface area contributed by atoms with Gasteiger partial charge in [-0.2, -0.15) is 5.10 Å². The molecule has 130 valence electrons. The molecule has 0 saturated heterocycles. The second kappa shape index (κ2) is 6.52. The second-order valence-corrected chi connectivity index (χ2v) is 6.23. The summed E-state index contributed by atoms with van der Waals surface area (Å²) in [7, 11) is 1.88. The Morgan fingerprint density at radius 2 is 1.85 bits per heavy atom. The lowest BCUT2D eigenvalue weighted by Crippen LogP contribution is -2.20. The van der Waals surface area contributed by atoms with Gasteiger partial charge < -0.3 is 9.13 Å². The van der Waals surface area contributed by atoms with Gasteiger partial charge in [-0.25, -0.2) is 5.43 Å². The van der Waals surface area contributed by atoms with Crippen LogP contribution in [0.3, 0.4) is 0 Å². The van der Waals surface area contributed by atoms with Crippen molar-refractivity contribution >= 4 is 33.9 Å². The number of aryl methyl sites for hydroxylation is 2. The van der Waals surface area contributed by atoms with Crippen LogP contribution in [-0.2, 0) is 13.6 Å². The third-order valence-corrected chi connectivity index (χ3v) is 4.71. The summed E-state index contributed by atoms with van der Waals surface area (Å²) in [5.74, 6) is -0.223. The zero-order valence-corrected chi connectivity index (χ0v) is 14.8. The number of hydrazone groups is 1. The van der Waals surface area contributed by atoms with Crippen LogP contribution in [0.1, 0.15) is 23.0 Å². The van der Waals surface area contributed by atoms with Crippen LogP contribution in [0.5, 0.6) is 0 Å². The first-order valence-corrected chi connectivity index (χ1v) is 8.64. The number of nitrogens with one attached hydrogen (secondary N) is 1. The van der Waals surface area contributed by atoms with E-state index in [0.717, 1.165) is 33.9 Å². The Hall–Kier alpha value is -3.34. The molecule has 2 heterocycles. The molecule has 1 amide bonds. The molecule has 0 radical (unpaired) electrons. The Labute approximate surface area is 151 Å². The monoisotopic (exact) mass is 344 g/mol. The van der Waals surface area contributed by atoms with E-state index in [1.165, 1.54) is 0 Å². The molecule has 2 aromatic carbocycles. The molecule has 0 fully saturated rings. The fraction of sp³-hybridized carbons (Fsp3) is 0.143. The van der Waals surface area contributed by atoms with Crippen molar-refractivity contribution in [3.8, 4) is 0 Å². The van der Waals surface area contributed by atoms with Crippen LogP contribution < -0.4 is 5.43 Å². The van der Waals surface area contributed by atoms with Gasteiger partial charge in [0.15, 0.2) is 0 Å². The highest BCUT2D eigenvalue weighted by molar-refractivity contribution is 6.01. The van der Waals surface area contributed by atoms with Crippen LogP contribution in [0.4, 0.5) is 0 Å². The van der Waals surface area contributed by atoms with Gasteiger partial charge in [0.1, 0.15) is 5.69 Å². The minimum atomic E-state index is -0.223. The van der Waals surface area contributed by atoms with Crippen molar-refractivity contribution in [1.29, 1.82) is 0 Å². The van der Waals surface area contributed by atoms with Crippen LogP contribution >= 0.6 is 0 Å². The SMILES string of the molecule is CCn1cc(/C=N/NC(=O)c2cc3ccccc3n2C)c2ccccc21. The zero-order chi connectivity index (χ0) is 18.1. The highest BCUT2D eigenvalue weighted by Crippen LogP contribution is 2.20. The van der Waals surface area contributed by atoms with Gasteiger partial charge in [-0.15, -0.1) is 0 Å². The molecule has 0 aliphatic carbocycles. The summed E-state index contributed by atoms with van der Waals surface area (Å²) < 4.78 is 4.05. The lowest BCUT2D eigenvalue weighted by atomic mass is 10.2. The number of hydrogen-bond acceptors (Lipinski definition) is 2. The number of aromatic nitrogens is 2. The van der Waals surface area contributed by atoms with Gasteiger partial charge in [-0.1, -0.05) is 36.4 Å². The number of nitrogens with zero attached hydrogens (tertiary/aromatic N) is 3. The van der Waals surface area contributed by atoms with Crippen LogP contribution in [0, 0.1) is 0 Å². The summed E-state index contributed by atoms with van der Waals surface area (Å²) in [4.78, 5) is 12.5. The number of fused-ring (bicyclic) bond motifs is 2. The molecule has 0 aliphatic heterocycles. The Kier molecular flexibility index (Phi) is 4.05. The molecule has 0 bridgehead atoms. The zero-order valence-electron chi connectivity index (χ0n) is 14.8. The molecule has 0 spiro atoms. The number of carbonyl (C=O) groups is 1. The van der Waals surface area contributed by atoms with Gasteiger partial charge in [0, 0.05) is 47.2 Å². The van der Waals surface area contributed by atoms with Crippen molar-refractivity contribution in [3.05, 3.63) is 72.1 Å². The molecule has 5 heteroatoms. The number of hydrogen-bond donors (Lipinski definition) is 1. The predicted octanol–water partition coefficient (Wildman–Crippen LogP) is 3.92. The Balaban J connectivity index is 1.58. The van der Waals surface area contributed by atoms with Crippen molar-refractivity contribution in [1.82, 2.24) is 14.6 Å². The standard InChI is InChI=1S/C21H20N4O/c1-3-25-14-16(17-9-5-7-11-19(17)25)13-22-23-21(26)20-12-15-8-4-6-10-18(15)24(20)2/h4-14H,3H2,1-2H3,(H,23,26)/b22-13+. The maximum atomic E-state index is 12.5. The molecule has 26 heavy (non-hydrogen) atoms. The summed E-state index contributed by atoms with van der Waals surface area (Å²) in [6.07, 6.45) is 3.76. The largest absolute Gasteiger partial charge is 0.347 e. The van der Waals surface area contributed by atoms with Gasteiger partial charge in [0.2, 0.25) is 0 Å². The summed E-state index contributed by atoms with van der Waals surface area (Å²) in [6, 6.07) is 18.0. The Bertz CT molecular complexity index is 1130. The molecule has 1 N–H and O–H groups in total. The van der Waals surface area contributed by atoms with E-state index in [1.54, 1.807) is 6.21 Å². The molecule has 0 saturated carbocycles. The molecule has 0 atom stereocenters. The van der Waals surface area contributed by atoms with Crippen LogP contribution in [0.2, 0.25) is 0 Å². The van der Waals surface area contributed by atoms with Gasteiger partial charge in [-0.05, 0) is 25.1 Å². The molecule has 4 rings (SSSR count). The highest BCUT2D eigenvalue weighted by Gasteiger charge is 2.12. The molecule has 0 aliphatic rings. The van der Waals surface area contributed by atoms with E-state index in [1.807, 2.05) is 54.1 Å². The topological polar surface area (TPSA) is 51.3 Å².